The van der Waals surface area contributed by atoms with Gasteiger partial charge in [0.1, 0.15) is 0 Å². The van der Waals surface area contributed by atoms with Gasteiger partial charge in [0, 0.05) is 15.1 Å². The van der Waals surface area contributed by atoms with E-state index in [-0.39, 0.29) is 0 Å². The molecule has 0 radical (unpaired) electrons. The second-order valence-electron chi connectivity index (χ2n) is 4.55. The maximum absolute atomic E-state index is 4.47. The molecule has 0 aliphatic rings. The van der Waals surface area contributed by atoms with Crippen molar-refractivity contribution >= 4 is 38.4 Å². The largest absolute Gasteiger partial charge is 0.192 e. The molecule has 0 aliphatic heterocycles. The standard InChI is InChI=1S/C13H16BrNS/c1-9(2)7-10(14)8-13-11-5-3-4-6-12(11)15-16-13/h3-6,9-10H,7-8H2,1-2H3. The number of hydrogen-bond donors (Lipinski definition) is 0. The van der Waals surface area contributed by atoms with Crippen LogP contribution in [0.15, 0.2) is 24.3 Å². The molecule has 0 bridgehead atoms. The van der Waals surface area contributed by atoms with Gasteiger partial charge in [0.25, 0.3) is 0 Å². The van der Waals surface area contributed by atoms with Gasteiger partial charge >= 0.3 is 0 Å². The monoisotopic (exact) mass is 297 g/mol. The average Bonchev–Trinajstić information content (AvgIpc) is 2.61. The zero-order chi connectivity index (χ0) is 11.5. The molecular weight excluding hydrogens is 282 g/mol. The molecule has 1 atom stereocenters. The van der Waals surface area contributed by atoms with Crippen molar-refractivity contribution in [1.82, 2.24) is 4.37 Å². The number of rotatable bonds is 4. The number of fused-ring (bicyclic) bond motifs is 1. The van der Waals surface area contributed by atoms with Gasteiger partial charge in [-0.15, -0.1) is 0 Å². The summed E-state index contributed by atoms with van der Waals surface area (Å²) in [6.07, 6.45) is 2.30. The van der Waals surface area contributed by atoms with Gasteiger partial charge in [-0.3, -0.25) is 0 Å². The van der Waals surface area contributed by atoms with Gasteiger partial charge in [-0.25, -0.2) is 0 Å². The minimum atomic E-state index is 0.566. The predicted octanol–water partition coefficient (Wildman–Crippen LogP) is 4.65. The van der Waals surface area contributed by atoms with E-state index in [1.807, 2.05) is 6.07 Å². The first-order valence-electron chi connectivity index (χ1n) is 5.64. The Labute approximate surface area is 109 Å². The summed E-state index contributed by atoms with van der Waals surface area (Å²) in [6, 6.07) is 8.39. The number of halogens is 1. The van der Waals surface area contributed by atoms with Crippen LogP contribution in [-0.2, 0) is 6.42 Å². The van der Waals surface area contributed by atoms with E-state index in [1.165, 1.54) is 16.7 Å². The lowest BCUT2D eigenvalue weighted by Gasteiger charge is -2.10. The Morgan fingerprint density at radius 1 is 1.31 bits per heavy atom. The van der Waals surface area contributed by atoms with Crippen molar-refractivity contribution in [2.24, 2.45) is 5.92 Å². The molecule has 1 aromatic carbocycles. The fraction of sp³-hybridized carbons (Fsp3) is 0.462. The van der Waals surface area contributed by atoms with Gasteiger partial charge in [-0.1, -0.05) is 48.0 Å². The third-order valence-corrected chi connectivity index (χ3v) is 4.19. The molecule has 2 rings (SSSR count). The van der Waals surface area contributed by atoms with Gasteiger partial charge in [0.15, 0.2) is 0 Å². The molecule has 0 saturated carbocycles. The maximum Gasteiger partial charge on any atom is 0.0843 e. The fourth-order valence-corrected chi connectivity index (χ4v) is 4.09. The SMILES string of the molecule is CC(C)CC(Br)Cc1snc2ccccc12. The van der Waals surface area contributed by atoms with E-state index in [1.54, 1.807) is 11.5 Å². The highest BCUT2D eigenvalue weighted by molar-refractivity contribution is 9.09. The van der Waals surface area contributed by atoms with E-state index < -0.39 is 0 Å². The molecule has 0 fully saturated rings. The lowest BCUT2D eigenvalue weighted by molar-refractivity contribution is 0.573. The van der Waals surface area contributed by atoms with E-state index in [0.717, 1.165) is 17.9 Å². The second kappa shape index (κ2) is 5.28. The van der Waals surface area contributed by atoms with Crippen molar-refractivity contribution in [3.05, 3.63) is 29.1 Å². The zero-order valence-electron chi connectivity index (χ0n) is 9.61. The first-order valence-corrected chi connectivity index (χ1v) is 7.33. The van der Waals surface area contributed by atoms with Crippen LogP contribution in [0, 0.1) is 5.92 Å². The Balaban J connectivity index is 2.15. The Morgan fingerprint density at radius 3 is 2.81 bits per heavy atom. The van der Waals surface area contributed by atoms with E-state index in [2.05, 4.69) is 52.4 Å². The smallest absolute Gasteiger partial charge is 0.0843 e. The first kappa shape index (κ1) is 12.1. The van der Waals surface area contributed by atoms with Crippen molar-refractivity contribution in [3.63, 3.8) is 0 Å². The van der Waals surface area contributed by atoms with Crippen molar-refractivity contribution in [3.8, 4) is 0 Å². The zero-order valence-corrected chi connectivity index (χ0v) is 12.0. The van der Waals surface area contributed by atoms with Crippen LogP contribution in [0.4, 0.5) is 0 Å². The Hall–Kier alpha value is -0.410. The number of hydrogen-bond acceptors (Lipinski definition) is 2. The molecule has 86 valence electrons. The third kappa shape index (κ3) is 2.83. The van der Waals surface area contributed by atoms with Crippen LogP contribution >= 0.6 is 27.5 Å². The Morgan fingerprint density at radius 2 is 2.06 bits per heavy atom. The van der Waals surface area contributed by atoms with Crippen molar-refractivity contribution in [2.45, 2.75) is 31.5 Å². The highest BCUT2D eigenvalue weighted by Gasteiger charge is 2.12. The molecule has 0 aliphatic carbocycles. The summed E-state index contributed by atoms with van der Waals surface area (Å²) in [5.41, 5.74) is 1.13. The van der Waals surface area contributed by atoms with Gasteiger partial charge in [0.05, 0.1) is 5.52 Å². The van der Waals surface area contributed by atoms with Crippen LogP contribution in [0.2, 0.25) is 0 Å². The summed E-state index contributed by atoms with van der Waals surface area (Å²) in [5, 5.41) is 1.32. The number of nitrogens with zero attached hydrogens (tertiary/aromatic N) is 1. The average molecular weight is 298 g/mol. The summed E-state index contributed by atoms with van der Waals surface area (Å²) in [7, 11) is 0. The lowest BCUT2D eigenvalue weighted by Crippen LogP contribution is -2.05. The fourth-order valence-electron chi connectivity index (χ4n) is 1.89. The highest BCUT2D eigenvalue weighted by Crippen LogP contribution is 2.26. The van der Waals surface area contributed by atoms with E-state index >= 15 is 0 Å². The van der Waals surface area contributed by atoms with E-state index in [9.17, 15) is 0 Å². The van der Waals surface area contributed by atoms with Crippen LogP contribution in [0.5, 0.6) is 0 Å². The lowest BCUT2D eigenvalue weighted by atomic mass is 10.0. The molecular formula is C13H16BrNS. The number of benzene rings is 1. The topological polar surface area (TPSA) is 12.9 Å². The quantitative estimate of drug-likeness (QED) is 0.749. The summed E-state index contributed by atoms with van der Waals surface area (Å²) < 4.78 is 4.47. The molecule has 0 N–H and O–H groups in total. The molecule has 2 aromatic rings. The molecule has 1 nitrogen and oxygen atoms in total. The van der Waals surface area contributed by atoms with Crippen molar-refractivity contribution in [1.29, 1.82) is 0 Å². The maximum atomic E-state index is 4.47. The van der Waals surface area contributed by atoms with Gasteiger partial charge in [-0.2, -0.15) is 4.37 Å². The Bertz CT molecular complexity index is 464. The van der Waals surface area contributed by atoms with Gasteiger partial charge in [-0.05, 0) is 36.4 Å². The molecule has 1 heterocycles. The van der Waals surface area contributed by atoms with Crippen LogP contribution in [0.25, 0.3) is 10.9 Å². The van der Waals surface area contributed by atoms with Gasteiger partial charge < -0.3 is 0 Å². The molecule has 0 saturated heterocycles. The van der Waals surface area contributed by atoms with E-state index in [0.29, 0.717) is 4.83 Å². The van der Waals surface area contributed by atoms with Crippen LogP contribution in [0.3, 0.4) is 0 Å². The minimum absolute atomic E-state index is 0.566. The first-order chi connectivity index (χ1) is 7.66. The van der Waals surface area contributed by atoms with Crippen LogP contribution in [0.1, 0.15) is 25.1 Å². The van der Waals surface area contributed by atoms with Crippen LogP contribution in [-0.4, -0.2) is 9.20 Å². The van der Waals surface area contributed by atoms with Crippen molar-refractivity contribution < 1.29 is 0 Å². The molecule has 0 spiro atoms. The summed E-state index contributed by atoms with van der Waals surface area (Å²) in [4.78, 5) is 1.97. The third-order valence-electron chi connectivity index (χ3n) is 2.59. The Kier molecular flexibility index (Phi) is 3.98. The molecule has 3 heteroatoms. The normalized spacial score (nSPS) is 13.5. The predicted molar refractivity (Wildman–Crippen MR) is 75.5 cm³/mol. The summed E-state index contributed by atoms with van der Waals surface area (Å²) in [5.74, 6) is 0.739. The molecule has 1 unspecified atom stereocenters. The minimum Gasteiger partial charge on any atom is -0.192 e. The van der Waals surface area contributed by atoms with E-state index in [4.69, 9.17) is 0 Å². The molecule has 16 heavy (non-hydrogen) atoms. The second-order valence-corrected chi connectivity index (χ2v) is 6.71. The summed E-state index contributed by atoms with van der Waals surface area (Å²) >= 11 is 5.40. The molecule has 0 amide bonds. The highest BCUT2D eigenvalue weighted by atomic mass is 79.9. The van der Waals surface area contributed by atoms with Crippen LogP contribution < -0.4 is 0 Å². The summed E-state index contributed by atoms with van der Waals surface area (Å²) in [6.45, 7) is 4.53. The van der Waals surface area contributed by atoms with Crippen molar-refractivity contribution in [2.75, 3.05) is 0 Å². The molecule has 1 aromatic heterocycles. The number of aromatic nitrogens is 1. The number of alkyl halides is 1. The van der Waals surface area contributed by atoms with Gasteiger partial charge in [0.2, 0.25) is 0 Å².